The molecule has 41 heavy (non-hydrogen) atoms. The van der Waals surface area contributed by atoms with E-state index in [1.807, 2.05) is 53.9 Å². The maximum Gasteiger partial charge on any atom is 0.273 e. The van der Waals surface area contributed by atoms with Gasteiger partial charge in [-0.05, 0) is 77.6 Å². The van der Waals surface area contributed by atoms with Crippen LogP contribution in [0.3, 0.4) is 0 Å². The number of aryl methyl sites for hydroxylation is 3. The van der Waals surface area contributed by atoms with Gasteiger partial charge in [-0.2, -0.15) is 5.10 Å². The van der Waals surface area contributed by atoms with E-state index in [0.29, 0.717) is 41.0 Å². The molecule has 0 saturated carbocycles. The first-order chi connectivity index (χ1) is 19.7. The van der Waals surface area contributed by atoms with E-state index in [4.69, 9.17) is 4.74 Å². The molecular weight excluding hydrogens is 522 g/mol. The largest absolute Gasteiger partial charge is 0.438 e. The van der Waals surface area contributed by atoms with Crippen molar-refractivity contribution in [2.45, 2.75) is 40.5 Å². The zero-order valence-corrected chi connectivity index (χ0v) is 25.0. The molecule has 220 valence electrons. The number of aromatic nitrogens is 5. The van der Waals surface area contributed by atoms with Gasteiger partial charge < -0.3 is 20.7 Å². The normalized spacial score (nSPS) is 12.7. The second-order valence-corrected chi connectivity index (χ2v) is 9.46. The molecule has 5 rings (SSSR count). The number of fused-ring (bicyclic) bond motifs is 1. The van der Waals surface area contributed by atoms with E-state index < -0.39 is 0 Å². The zero-order valence-electron chi connectivity index (χ0n) is 25.0. The lowest BCUT2D eigenvalue weighted by molar-refractivity contribution is -0.117. The lowest BCUT2D eigenvalue weighted by Gasteiger charge is -2.12. The van der Waals surface area contributed by atoms with Crippen molar-refractivity contribution in [2.24, 2.45) is 7.05 Å². The average Bonchev–Trinajstić information content (AvgIpc) is 3.67. The Morgan fingerprint density at radius 1 is 0.976 bits per heavy atom. The van der Waals surface area contributed by atoms with Crippen LogP contribution in [0.4, 0.5) is 11.5 Å². The van der Waals surface area contributed by atoms with Crippen LogP contribution in [-0.2, 0) is 11.8 Å². The SMILES string of the molecule is CC.CNC.Cc1cc(C(=O)Nc2cc(Oc3ccc4nc(NC(=O)CN5CCCC5)cn4n3)ccc2C)n(C)n1. The van der Waals surface area contributed by atoms with Gasteiger partial charge in [0, 0.05) is 24.9 Å². The summed E-state index contributed by atoms with van der Waals surface area (Å²) in [5, 5.41) is 17.2. The third-order valence-electron chi connectivity index (χ3n) is 6.04. The quantitative estimate of drug-likeness (QED) is 0.307. The van der Waals surface area contributed by atoms with Crippen LogP contribution < -0.4 is 20.7 Å². The third-order valence-corrected chi connectivity index (χ3v) is 6.04. The van der Waals surface area contributed by atoms with E-state index >= 15 is 0 Å². The molecule has 12 nitrogen and oxygen atoms in total. The average molecular weight is 564 g/mol. The van der Waals surface area contributed by atoms with Gasteiger partial charge in [-0.25, -0.2) is 9.50 Å². The molecule has 3 N–H and O–H groups in total. The Morgan fingerprint density at radius 2 is 1.68 bits per heavy atom. The van der Waals surface area contributed by atoms with Gasteiger partial charge in [-0.3, -0.25) is 19.2 Å². The van der Waals surface area contributed by atoms with E-state index in [0.717, 1.165) is 37.2 Å². The van der Waals surface area contributed by atoms with Crippen LogP contribution >= 0.6 is 0 Å². The van der Waals surface area contributed by atoms with E-state index in [9.17, 15) is 9.59 Å². The summed E-state index contributed by atoms with van der Waals surface area (Å²) in [6.07, 6.45) is 3.92. The highest BCUT2D eigenvalue weighted by Crippen LogP contribution is 2.26. The van der Waals surface area contributed by atoms with Crippen molar-refractivity contribution in [3.8, 4) is 11.6 Å². The minimum absolute atomic E-state index is 0.0905. The number of amides is 2. The number of hydrogen-bond donors (Lipinski definition) is 3. The number of carbonyl (C=O) groups is 2. The molecule has 1 aliphatic rings. The molecular formula is C29H41N9O3. The number of hydrogen-bond acceptors (Lipinski definition) is 8. The van der Waals surface area contributed by atoms with Gasteiger partial charge in [0.2, 0.25) is 11.8 Å². The third kappa shape index (κ3) is 8.60. The fourth-order valence-electron chi connectivity index (χ4n) is 4.23. The fourth-order valence-corrected chi connectivity index (χ4v) is 4.23. The van der Waals surface area contributed by atoms with Crippen molar-refractivity contribution >= 4 is 29.0 Å². The number of ether oxygens (including phenoxy) is 1. The molecule has 1 saturated heterocycles. The van der Waals surface area contributed by atoms with Crippen molar-refractivity contribution in [1.82, 2.24) is 34.6 Å². The highest BCUT2D eigenvalue weighted by Gasteiger charge is 2.17. The van der Waals surface area contributed by atoms with Crippen LogP contribution in [-0.4, -0.2) is 74.8 Å². The number of nitrogens with zero attached hydrogens (tertiary/aromatic N) is 6. The Balaban J connectivity index is 0.000000868. The number of likely N-dealkylation sites (tertiary alicyclic amines) is 1. The summed E-state index contributed by atoms with van der Waals surface area (Å²) in [4.78, 5) is 31.6. The van der Waals surface area contributed by atoms with Gasteiger partial charge in [0.1, 0.15) is 11.4 Å². The molecule has 0 unspecified atom stereocenters. The van der Waals surface area contributed by atoms with Crippen molar-refractivity contribution in [3.05, 3.63) is 59.5 Å². The first-order valence-electron chi connectivity index (χ1n) is 13.8. The summed E-state index contributed by atoms with van der Waals surface area (Å²) in [5.41, 5.74) is 3.34. The number of benzene rings is 1. The first-order valence-corrected chi connectivity index (χ1v) is 13.8. The fraction of sp³-hybridized carbons (Fsp3) is 0.414. The van der Waals surface area contributed by atoms with Gasteiger partial charge in [0.15, 0.2) is 11.5 Å². The summed E-state index contributed by atoms with van der Waals surface area (Å²) in [6, 6.07) is 10.6. The molecule has 0 bridgehead atoms. The zero-order chi connectivity index (χ0) is 29.9. The van der Waals surface area contributed by atoms with Crippen LogP contribution in [0.1, 0.15) is 48.4 Å². The second kappa shape index (κ2) is 14.9. The topological polar surface area (TPSA) is 131 Å². The Hall–Kier alpha value is -4.29. The molecule has 12 heteroatoms. The predicted molar refractivity (Wildman–Crippen MR) is 161 cm³/mol. The molecule has 3 aromatic heterocycles. The van der Waals surface area contributed by atoms with Gasteiger partial charge >= 0.3 is 0 Å². The summed E-state index contributed by atoms with van der Waals surface area (Å²) in [6.45, 7) is 10.0. The Bertz CT molecular complexity index is 1460. The summed E-state index contributed by atoms with van der Waals surface area (Å²) in [7, 11) is 5.48. The number of nitrogens with one attached hydrogen (secondary N) is 3. The smallest absolute Gasteiger partial charge is 0.273 e. The van der Waals surface area contributed by atoms with Crippen LogP contribution in [0.5, 0.6) is 11.6 Å². The van der Waals surface area contributed by atoms with E-state index in [2.05, 4.69) is 36.0 Å². The monoisotopic (exact) mass is 563 g/mol. The Labute approximate surface area is 241 Å². The van der Waals surface area contributed by atoms with Crippen LogP contribution in [0.15, 0.2) is 42.6 Å². The summed E-state index contributed by atoms with van der Waals surface area (Å²) < 4.78 is 9.06. The van der Waals surface area contributed by atoms with Gasteiger partial charge in [0.25, 0.3) is 5.91 Å². The van der Waals surface area contributed by atoms with Crippen LogP contribution in [0.25, 0.3) is 5.65 Å². The van der Waals surface area contributed by atoms with Crippen molar-refractivity contribution in [3.63, 3.8) is 0 Å². The number of rotatable bonds is 7. The second-order valence-electron chi connectivity index (χ2n) is 9.46. The molecule has 4 heterocycles. The lowest BCUT2D eigenvalue weighted by Crippen LogP contribution is -2.30. The van der Waals surface area contributed by atoms with Gasteiger partial charge in [-0.1, -0.05) is 19.9 Å². The van der Waals surface area contributed by atoms with Crippen molar-refractivity contribution < 1.29 is 14.3 Å². The minimum Gasteiger partial charge on any atom is -0.438 e. The number of imidazole rings is 1. The maximum atomic E-state index is 12.7. The molecule has 1 aliphatic heterocycles. The van der Waals surface area contributed by atoms with Gasteiger partial charge in [0.05, 0.1) is 18.4 Å². The molecule has 0 radical (unpaired) electrons. The van der Waals surface area contributed by atoms with Crippen LogP contribution in [0, 0.1) is 13.8 Å². The van der Waals surface area contributed by atoms with E-state index in [1.54, 1.807) is 46.7 Å². The first kappa shape index (κ1) is 31.2. The van der Waals surface area contributed by atoms with E-state index in [1.165, 1.54) is 0 Å². The molecule has 1 aromatic carbocycles. The number of anilines is 2. The highest BCUT2D eigenvalue weighted by atomic mass is 16.5. The van der Waals surface area contributed by atoms with E-state index in [-0.39, 0.29) is 11.8 Å². The Kier molecular flexibility index (Phi) is 11.4. The van der Waals surface area contributed by atoms with Gasteiger partial charge in [-0.15, -0.1) is 5.10 Å². The lowest BCUT2D eigenvalue weighted by atomic mass is 10.2. The molecule has 2 amide bonds. The molecule has 0 aliphatic carbocycles. The predicted octanol–water partition coefficient (Wildman–Crippen LogP) is 4.02. The van der Waals surface area contributed by atoms with Crippen molar-refractivity contribution in [2.75, 3.05) is 44.4 Å². The standard InChI is InChI=1S/C25H28N8O3.C2H7N.C2H6/c1-16-6-7-18(13-19(16)26-25(35)20-12-17(2)29-31(20)3)36-24-9-8-22-27-21(14-33(22)30-24)28-23(34)15-32-10-4-5-11-32;1-3-2;1-2/h6-9,12-14H,4-5,10-11,15H2,1-3H3,(H,26,35)(H,28,34);3H,1-2H3;1-2H3. The minimum atomic E-state index is -0.254. The highest BCUT2D eigenvalue weighted by molar-refractivity contribution is 6.03. The van der Waals surface area contributed by atoms with Crippen LogP contribution in [0.2, 0.25) is 0 Å². The molecule has 0 atom stereocenters. The number of carbonyl (C=O) groups excluding carboxylic acids is 2. The molecule has 1 fully saturated rings. The Morgan fingerprint density at radius 3 is 2.34 bits per heavy atom. The summed E-state index contributed by atoms with van der Waals surface area (Å²) in [5.74, 6) is 0.957. The maximum absolute atomic E-state index is 12.7. The molecule has 0 spiro atoms. The summed E-state index contributed by atoms with van der Waals surface area (Å²) >= 11 is 0. The molecule has 4 aromatic rings. The van der Waals surface area contributed by atoms with Crippen molar-refractivity contribution in [1.29, 1.82) is 0 Å².